The topological polar surface area (TPSA) is 88.9 Å². The summed E-state index contributed by atoms with van der Waals surface area (Å²) in [5.41, 5.74) is -0.238. The highest BCUT2D eigenvalue weighted by Gasteiger charge is 2.37. The molecule has 0 N–H and O–H groups in total. The van der Waals surface area contributed by atoms with E-state index >= 15 is 0 Å². The molecule has 0 aliphatic carbocycles. The van der Waals surface area contributed by atoms with E-state index in [1.807, 2.05) is 6.92 Å². The molecule has 0 saturated heterocycles. The van der Waals surface area contributed by atoms with Gasteiger partial charge in [0.25, 0.3) is 0 Å². The van der Waals surface area contributed by atoms with E-state index in [0.717, 1.165) is 11.7 Å². The first-order valence-corrected chi connectivity index (χ1v) is 14.9. The molecule has 0 aromatic carbocycles. The van der Waals surface area contributed by atoms with Crippen molar-refractivity contribution in [2.45, 2.75) is 99.1 Å². The lowest BCUT2D eigenvalue weighted by molar-refractivity contribution is 0.000463. The normalized spacial score (nSPS) is 13.3. The van der Waals surface area contributed by atoms with E-state index in [4.69, 9.17) is 18.3 Å². The van der Waals surface area contributed by atoms with Crippen LogP contribution in [0, 0.1) is 6.92 Å². The Kier molecular flexibility index (Phi) is 9.66. The zero-order chi connectivity index (χ0) is 23.3. The smallest absolute Gasteiger partial charge is 0.361 e. The summed E-state index contributed by atoms with van der Waals surface area (Å²) in [6, 6.07) is 1.07. The first-order chi connectivity index (χ1) is 13.5. The van der Waals surface area contributed by atoms with Gasteiger partial charge in [0, 0.05) is 28.0 Å². The molecule has 0 aliphatic heterocycles. The largest absolute Gasteiger partial charge is 0.476 e. The number of imidazole rings is 1. The second-order valence-corrected chi connectivity index (χ2v) is 14.7. The lowest BCUT2D eigenvalue weighted by Crippen LogP contribution is -2.24. The van der Waals surface area contributed by atoms with E-state index in [-0.39, 0.29) is 24.9 Å². The molecule has 0 atom stereocenters. The van der Waals surface area contributed by atoms with Crippen molar-refractivity contribution in [1.82, 2.24) is 9.55 Å². The van der Waals surface area contributed by atoms with Gasteiger partial charge in [0.1, 0.15) is 13.3 Å². The van der Waals surface area contributed by atoms with Crippen LogP contribution in [0.3, 0.4) is 0 Å². The van der Waals surface area contributed by atoms with Crippen molar-refractivity contribution in [2.75, 3.05) is 6.61 Å². The maximum absolute atomic E-state index is 13.2. The van der Waals surface area contributed by atoms with Crippen LogP contribution in [0.25, 0.3) is 0 Å². The van der Waals surface area contributed by atoms with Gasteiger partial charge in [0.2, 0.25) is 0 Å². The monoisotopic (exact) mass is 462 g/mol. The lowest BCUT2D eigenvalue weighted by Gasteiger charge is -2.30. The van der Waals surface area contributed by atoms with E-state index in [9.17, 15) is 9.36 Å². The number of Topliss-reactive ketones (excluding diaryl/α,β-unsaturated/α-hetero) is 1. The number of hydrogen-bond acceptors (Lipinski definition) is 7. The summed E-state index contributed by atoms with van der Waals surface area (Å²) in [7, 11) is -4.57. The molecule has 1 heterocycles. The average molecular weight is 463 g/mol. The van der Waals surface area contributed by atoms with E-state index < -0.39 is 27.8 Å². The number of ether oxygens (including phenoxy) is 1. The molecule has 0 aliphatic rings. The third-order valence-electron chi connectivity index (χ3n) is 3.82. The van der Waals surface area contributed by atoms with Gasteiger partial charge in [-0.15, -0.1) is 0 Å². The number of rotatable bonds is 11. The number of hydrogen-bond donors (Lipinski definition) is 0. The molecule has 0 spiro atoms. The van der Waals surface area contributed by atoms with Crippen LogP contribution in [0.15, 0.2) is 0 Å². The van der Waals surface area contributed by atoms with Gasteiger partial charge in [-0.1, -0.05) is 13.1 Å². The van der Waals surface area contributed by atoms with Gasteiger partial charge in [0.15, 0.2) is 11.6 Å². The molecule has 30 heavy (non-hydrogen) atoms. The molecule has 0 amide bonds. The van der Waals surface area contributed by atoms with Gasteiger partial charge in [-0.2, -0.15) is 0 Å². The minimum Gasteiger partial charge on any atom is -0.361 e. The van der Waals surface area contributed by atoms with Crippen molar-refractivity contribution in [3.8, 4) is 0 Å². The summed E-state index contributed by atoms with van der Waals surface area (Å²) in [4.78, 5) is 16.5. The highest BCUT2D eigenvalue weighted by molar-refractivity contribution is 7.48. The van der Waals surface area contributed by atoms with E-state index in [1.54, 1.807) is 46.1 Å². The summed E-state index contributed by atoms with van der Waals surface area (Å²) in [5, 5.41) is 0. The molecule has 0 fully saturated rings. The van der Waals surface area contributed by atoms with Crippen LogP contribution in [0.5, 0.6) is 0 Å². The number of nitrogens with zero attached hydrogens (tertiary/aromatic N) is 2. The Bertz CT molecular complexity index is 745. The van der Waals surface area contributed by atoms with Crippen LogP contribution < -0.4 is 0 Å². The molecule has 8 nitrogen and oxygen atoms in total. The third-order valence-corrected chi connectivity index (χ3v) is 7.20. The third kappa shape index (κ3) is 9.54. The highest BCUT2D eigenvalue weighted by atomic mass is 31.2. The van der Waals surface area contributed by atoms with E-state index in [0.29, 0.717) is 12.3 Å². The zero-order valence-corrected chi connectivity index (χ0v) is 22.2. The molecule has 0 bridgehead atoms. The Morgan fingerprint density at radius 1 is 1.10 bits per heavy atom. The summed E-state index contributed by atoms with van der Waals surface area (Å²) in [5.74, 6) is 0.113. The Morgan fingerprint density at radius 3 is 2.07 bits per heavy atom. The fraction of sp³-hybridized carbons (Fsp3) is 0.800. The number of carbonyl (C=O) groups is 1. The predicted molar refractivity (Wildman–Crippen MR) is 121 cm³/mol. The molecule has 10 heteroatoms. The highest BCUT2D eigenvalue weighted by Crippen LogP contribution is 2.55. The van der Waals surface area contributed by atoms with Crippen LogP contribution in [-0.2, 0) is 36.2 Å². The lowest BCUT2D eigenvalue weighted by atomic mass is 10.2. The van der Waals surface area contributed by atoms with Crippen LogP contribution in [0.4, 0.5) is 0 Å². The Balaban J connectivity index is 3.03. The van der Waals surface area contributed by atoms with Crippen LogP contribution in [-0.4, -0.2) is 41.9 Å². The molecule has 1 rings (SSSR count). The standard InChI is InChI=1S/C20H39N2O6PSi/c1-15-17(13-26-29(24,27-19(3,4)5)28-20(6,7)8)21-18(16(2)23)22(15)14-25-11-12-30(9)10/h30H,11-14H2,1-10H3. The SMILES string of the molecule is CC(=O)c1nc(COP(=O)(OC(C)(C)C)OC(C)(C)C)c(C)n1COCC[SiH](C)C. The minimum absolute atomic E-state index is 0.110. The van der Waals surface area contributed by atoms with Gasteiger partial charge >= 0.3 is 7.82 Å². The van der Waals surface area contributed by atoms with E-state index in [2.05, 4.69) is 18.1 Å². The van der Waals surface area contributed by atoms with Gasteiger partial charge in [0.05, 0.1) is 16.9 Å². The second kappa shape index (κ2) is 10.7. The fourth-order valence-electron chi connectivity index (χ4n) is 2.50. The molecule has 0 radical (unpaired) electrons. The number of phosphoric ester groups is 1. The van der Waals surface area contributed by atoms with Crippen molar-refractivity contribution in [3.05, 3.63) is 17.2 Å². The van der Waals surface area contributed by atoms with Crippen LogP contribution in [0.1, 0.15) is 70.5 Å². The van der Waals surface area contributed by atoms with Gasteiger partial charge in [-0.3, -0.25) is 18.4 Å². The molecular weight excluding hydrogens is 423 g/mol. The Hall–Kier alpha value is -0.833. The molecule has 1 aromatic rings. The van der Waals surface area contributed by atoms with Gasteiger partial charge in [-0.05, 0) is 54.5 Å². The van der Waals surface area contributed by atoms with Gasteiger partial charge < -0.3 is 9.30 Å². The summed E-state index contributed by atoms with van der Waals surface area (Å²) >= 11 is 0. The molecule has 174 valence electrons. The maximum Gasteiger partial charge on any atom is 0.476 e. The summed E-state index contributed by atoms with van der Waals surface area (Å²) in [6.07, 6.45) is 0. The molecular formula is C20H39N2O6PSi. The van der Waals surface area contributed by atoms with Crippen LogP contribution in [0.2, 0.25) is 19.1 Å². The maximum atomic E-state index is 13.2. The first-order valence-electron chi connectivity index (χ1n) is 10.3. The van der Waals surface area contributed by atoms with Crippen molar-refractivity contribution < 1.29 is 27.7 Å². The Labute approximate surface area is 182 Å². The van der Waals surface area contributed by atoms with Crippen molar-refractivity contribution in [2.24, 2.45) is 0 Å². The number of aromatic nitrogens is 2. The predicted octanol–water partition coefficient (Wildman–Crippen LogP) is 5.11. The number of carbonyl (C=O) groups excluding carboxylic acids is 1. The van der Waals surface area contributed by atoms with Crippen molar-refractivity contribution in [3.63, 3.8) is 0 Å². The zero-order valence-electron chi connectivity index (χ0n) is 20.2. The summed E-state index contributed by atoms with van der Waals surface area (Å²) in [6.45, 7) is 19.3. The van der Waals surface area contributed by atoms with Crippen LogP contribution >= 0.6 is 7.82 Å². The first kappa shape index (κ1) is 27.2. The van der Waals surface area contributed by atoms with Crippen molar-refractivity contribution in [1.29, 1.82) is 0 Å². The molecule has 0 unspecified atom stereocenters. The quantitative estimate of drug-likeness (QED) is 0.195. The fourth-order valence-corrected chi connectivity index (χ4v) is 4.91. The number of ketones is 1. The second-order valence-electron chi connectivity index (χ2n) is 9.80. The van der Waals surface area contributed by atoms with E-state index in [1.165, 1.54) is 6.92 Å². The average Bonchev–Trinajstić information content (AvgIpc) is 2.82. The summed E-state index contributed by atoms with van der Waals surface area (Å²) < 4.78 is 37.6. The van der Waals surface area contributed by atoms with Crippen molar-refractivity contribution >= 4 is 22.4 Å². The molecule has 0 saturated carbocycles. The number of phosphoric acid groups is 1. The Morgan fingerprint density at radius 2 is 1.63 bits per heavy atom. The van der Waals surface area contributed by atoms with Gasteiger partial charge in [-0.25, -0.2) is 9.55 Å². The minimum atomic E-state index is -3.88. The molecule has 1 aromatic heterocycles.